The Bertz CT molecular complexity index is 386. The molecule has 4 heteroatoms. The lowest BCUT2D eigenvalue weighted by atomic mass is 10.2. The average molecular weight is 192 g/mol. The van der Waals surface area contributed by atoms with Crippen molar-refractivity contribution in [2.24, 2.45) is 0 Å². The van der Waals surface area contributed by atoms with Gasteiger partial charge >= 0.3 is 0 Å². The molecule has 0 spiro atoms. The van der Waals surface area contributed by atoms with E-state index in [9.17, 15) is 0 Å². The summed E-state index contributed by atoms with van der Waals surface area (Å²) in [5, 5.41) is 1.58. The van der Waals surface area contributed by atoms with E-state index in [-0.39, 0.29) is 0 Å². The van der Waals surface area contributed by atoms with Gasteiger partial charge in [0.05, 0.1) is 17.8 Å². The zero-order valence-corrected chi connectivity index (χ0v) is 7.70. The van der Waals surface area contributed by atoms with E-state index in [0.717, 1.165) is 11.7 Å². The van der Waals surface area contributed by atoms with E-state index < -0.39 is 0 Å². The molecule has 0 aliphatic carbocycles. The fourth-order valence-electron chi connectivity index (χ4n) is 1.53. The van der Waals surface area contributed by atoms with Gasteiger partial charge in [0.2, 0.25) is 0 Å². The fraction of sp³-hybridized carbons (Fsp3) is 0.222. The minimum Gasteiger partial charge on any atom is -0.472 e. The summed E-state index contributed by atoms with van der Waals surface area (Å²) in [6, 6.07) is 2.02. The van der Waals surface area contributed by atoms with Crippen molar-refractivity contribution in [2.45, 2.75) is 17.0 Å². The van der Waals surface area contributed by atoms with E-state index >= 15 is 0 Å². The van der Waals surface area contributed by atoms with Crippen LogP contribution in [0.4, 0.5) is 0 Å². The van der Waals surface area contributed by atoms with Crippen LogP contribution in [0.15, 0.2) is 40.6 Å². The minimum atomic E-state index is 0.474. The molecule has 13 heavy (non-hydrogen) atoms. The van der Waals surface area contributed by atoms with E-state index in [2.05, 4.69) is 9.55 Å². The van der Waals surface area contributed by atoms with Crippen LogP contribution in [0.2, 0.25) is 0 Å². The van der Waals surface area contributed by atoms with Gasteiger partial charge in [-0.05, 0) is 6.07 Å². The molecule has 3 rings (SSSR count). The van der Waals surface area contributed by atoms with Crippen LogP contribution < -0.4 is 0 Å². The lowest BCUT2D eigenvalue weighted by Gasteiger charge is -2.02. The molecule has 2 aromatic rings. The summed E-state index contributed by atoms with van der Waals surface area (Å²) in [7, 11) is 0. The van der Waals surface area contributed by atoms with Crippen molar-refractivity contribution in [3.05, 3.63) is 36.5 Å². The molecule has 3 nitrogen and oxygen atoms in total. The molecule has 0 fully saturated rings. The summed E-state index contributed by atoms with van der Waals surface area (Å²) in [6.45, 7) is 1.000. The topological polar surface area (TPSA) is 31.0 Å². The second kappa shape index (κ2) is 2.67. The third-order valence-electron chi connectivity index (χ3n) is 2.20. The zero-order valence-electron chi connectivity index (χ0n) is 6.88. The number of furan rings is 1. The molecule has 1 atom stereocenters. The van der Waals surface area contributed by atoms with Crippen molar-refractivity contribution >= 4 is 11.8 Å². The first-order chi connectivity index (χ1) is 6.43. The Labute approximate surface area is 79.8 Å². The maximum Gasteiger partial charge on any atom is 0.168 e. The predicted octanol–water partition coefficient (Wildman–Crippen LogP) is 2.32. The van der Waals surface area contributed by atoms with Crippen molar-refractivity contribution in [2.75, 3.05) is 0 Å². The lowest BCUT2D eigenvalue weighted by molar-refractivity contribution is 0.561. The Morgan fingerprint density at radius 1 is 1.62 bits per heavy atom. The lowest BCUT2D eigenvalue weighted by Crippen LogP contribution is -1.95. The number of nitrogens with zero attached hydrogens (tertiary/aromatic N) is 2. The molecule has 0 aromatic carbocycles. The maximum absolute atomic E-state index is 5.06. The quantitative estimate of drug-likeness (QED) is 0.694. The number of hydrogen-bond donors (Lipinski definition) is 0. The van der Waals surface area contributed by atoms with Gasteiger partial charge in [0.1, 0.15) is 0 Å². The number of thioether (sulfide) groups is 1. The third kappa shape index (κ3) is 1.09. The number of rotatable bonds is 1. The average Bonchev–Trinajstić information content (AvgIpc) is 2.78. The number of aromatic nitrogens is 2. The van der Waals surface area contributed by atoms with Crippen LogP contribution >= 0.6 is 11.8 Å². The van der Waals surface area contributed by atoms with Crippen LogP contribution in [0.5, 0.6) is 0 Å². The van der Waals surface area contributed by atoms with Gasteiger partial charge in [-0.3, -0.25) is 0 Å². The molecule has 1 aliphatic rings. The Morgan fingerprint density at radius 3 is 3.38 bits per heavy atom. The molecule has 0 saturated carbocycles. The molecule has 3 heterocycles. The molecule has 0 saturated heterocycles. The van der Waals surface area contributed by atoms with Gasteiger partial charge in [0.15, 0.2) is 5.16 Å². The summed E-state index contributed by atoms with van der Waals surface area (Å²) in [5.41, 5.74) is 1.25. The van der Waals surface area contributed by atoms with Crippen molar-refractivity contribution in [3.63, 3.8) is 0 Å². The third-order valence-corrected chi connectivity index (χ3v) is 3.46. The standard InChI is InChI=1S/C9H8N2OS/c1-4-12-6-7(1)8-5-11-3-2-10-9(11)13-8/h1-4,6,8H,5H2. The summed E-state index contributed by atoms with van der Waals surface area (Å²) in [6.07, 6.45) is 7.39. The SMILES string of the molecule is c1cn2c(n1)SC(c1ccoc1)C2. The monoisotopic (exact) mass is 192 g/mol. The largest absolute Gasteiger partial charge is 0.472 e. The van der Waals surface area contributed by atoms with Crippen molar-refractivity contribution < 1.29 is 4.42 Å². The van der Waals surface area contributed by atoms with E-state index in [1.165, 1.54) is 5.56 Å². The van der Waals surface area contributed by atoms with Crippen molar-refractivity contribution in [3.8, 4) is 0 Å². The van der Waals surface area contributed by atoms with E-state index in [0.29, 0.717) is 5.25 Å². The van der Waals surface area contributed by atoms with E-state index in [4.69, 9.17) is 4.42 Å². The van der Waals surface area contributed by atoms with Gasteiger partial charge in [-0.25, -0.2) is 4.98 Å². The van der Waals surface area contributed by atoms with Gasteiger partial charge in [0, 0.05) is 24.5 Å². The smallest absolute Gasteiger partial charge is 0.168 e. The highest BCUT2D eigenvalue weighted by Crippen LogP contribution is 2.41. The predicted molar refractivity (Wildman–Crippen MR) is 49.5 cm³/mol. The van der Waals surface area contributed by atoms with Crippen molar-refractivity contribution in [1.82, 2.24) is 9.55 Å². The fourth-order valence-corrected chi connectivity index (χ4v) is 2.68. The Hall–Kier alpha value is -1.16. The van der Waals surface area contributed by atoms with Gasteiger partial charge in [-0.1, -0.05) is 11.8 Å². The highest BCUT2D eigenvalue weighted by atomic mass is 32.2. The Morgan fingerprint density at radius 2 is 2.62 bits per heavy atom. The highest BCUT2D eigenvalue weighted by Gasteiger charge is 2.24. The maximum atomic E-state index is 5.06. The number of hydrogen-bond acceptors (Lipinski definition) is 3. The Balaban J connectivity index is 1.90. The molecule has 1 unspecified atom stereocenters. The van der Waals surface area contributed by atoms with Gasteiger partial charge in [-0.2, -0.15) is 0 Å². The molecular formula is C9H8N2OS. The number of fused-ring (bicyclic) bond motifs is 1. The first-order valence-corrected chi connectivity index (χ1v) is 5.01. The van der Waals surface area contributed by atoms with Gasteiger partial charge in [0.25, 0.3) is 0 Å². The Kier molecular flexibility index (Phi) is 1.49. The molecule has 2 aromatic heterocycles. The van der Waals surface area contributed by atoms with E-state index in [1.807, 2.05) is 24.7 Å². The van der Waals surface area contributed by atoms with Crippen molar-refractivity contribution in [1.29, 1.82) is 0 Å². The van der Waals surface area contributed by atoms with Crippen LogP contribution in [-0.4, -0.2) is 9.55 Å². The second-order valence-electron chi connectivity index (χ2n) is 3.03. The van der Waals surface area contributed by atoms with Crippen LogP contribution in [-0.2, 0) is 6.54 Å². The summed E-state index contributed by atoms with van der Waals surface area (Å²) >= 11 is 1.79. The molecular weight excluding hydrogens is 184 g/mol. The molecule has 0 radical (unpaired) electrons. The molecule has 0 amide bonds. The van der Waals surface area contributed by atoms with Crippen LogP contribution in [0.3, 0.4) is 0 Å². The first kappa shape index (κ1) is 7.26. The zero-order chi connectivity index (χ0) is 8.67. The van der Waals surface area contributed by atoms with Crippen LogP contribution in [0, 0.1) is 0 Å². The first-order valence-electron chi connectivity index (χ1n) is 4.13. The second-order valence-corrected chi connectivity index (χ2v) is 4.20. The summed E-state index contributed by atoms with van der Waals surface area (Å²) in [5.74, 6) is 0. The van der Waals surface area contributed by atoms with Crippen LogP contribution in [0.1, 0.15) is 10.8 Å². The number of imidazole rings is 1. The molecule has 0 bridgehead atoms. The van der Waals surface area contributed by atoms with Crippen LogP contribution in [0.25, 0.3) is 0 Å². The highest BCUT2D eigenvalue weighted by molar-refractivity contribution is 7.99. The summed E-state index contributed by atoms with van der Waals surface area (Å²) < 4.78 is 7.23. The normalized spacial score (nSPS) is 20.5. The van der Waals surface area contributed by atoms with E-state index in [1.54, 1.807) is 18.0 Å². The minimum absolute atomic E-state index is 0.474. The summed E-state index contributed by atoms with van der Waals surface area (Å²) in [4.78, 5) is 4.25. The van der Waals surface area contributed by atoms with Gasteiger partial charge < -0.3 is 8.98 Å². The molecule has 1 aliphatic heterocycles. The molecule has 0 N–H and O–H groups in total. The van der Waals surface area contributed by atoms with Gasteiger partial charge in [-0.15, -0.1) is 0 Å². The molecule has 66 valence electrons.